The SMILES string of the molecule is c1ccc(-c2cc(-c3ccccc3)cc(-c3nc(-c4ccc(-n5c6ccc7ccccc7c6c6c7ccccc7ccc65)cc4)nc4ccccc34)c2)cc1.c1ccc(-c2ccc(-c3nc(-c4ccc(-n5c6ccc7ccccc7c6c6c7ccccc7ccc65)cc4)nc4ccccc34)cc2)cc1.c1ccc(-c2nc(-c3ccc(-n4c5ccc6ccccc6c5c5c6ccccc6ccc54)cc3)nc3ccccc23)cc1. The first-order chi connectivity index (χ1) is 72.9. The highest BCUT2D eigenvalue weighted by atomic mass is 15.0. The third kappa shape index (κ3) is 14.9. The smallest absolute Gasteiger partial charge is 0.160 e. The van der Waals surface area contributed by atoms with Crippen LogP contribution in [0.3, 0.4) is 0 Å². The van der Waals surface area contributed by atoms with E-state index in [4.69, 9.17) is 29.9 Å². The van der Waals surface area contributed by atoms with E-state index >= 15 is 0 Å². The Balaban J connectivity index is 0.000000107. The van der Waals surface area contributed by atoms with Crippen molar-refractivity contribution >= 4 is 163 Å². The molecular formula is C138H87N9. The Hall–Kier alpha value is -19.7. The van der Waals surface area contributed by atoms with E-state index in [1.165, 1.54) is 152 Å². The van der Waals surface area contributed by atoms with Crippen LogP contribution in [0.1, 0.15) is 0 Å². The van der Waals surface area contributed by atoms with Crippen molar-refractivity contribution in [3.8, 4) is 118 Å². The fraction of sp³-hybridized carbons (Fsp3) is 0. The van der Waals surface area contributed by atoms with Crippen molar-refractivity contribution in [3.63, 3.8) is 0 Å². The first kappa shape index (κ1) is 85.3. The summed E-state index contributed by atoms with van der Waals surface area (Å²) in [5.74, 6) is 2.14. The van der Waals surface area contributed by atoms with Crippen LogP contribution in [-0.4, -0.2) is 43.6 Å². The van der Waals surface area contributed by atoms with Gasteiger partial charge in [0.2, 0.25) is 0 Å². The van der Waals surface area contributed by atoms with Gasteiger partial charge in [-0.1, -0.05) is 382 Å². The van der Waals surface area contributed by atoms with E-state index in [1.54, 1.807) is 0 Å². The van der Waals surface area contributed by atoms with Crippen molar-refractivity contribution in [3.05, 3.63) is 528 Å². The number of para-hydroxylation sites is 3. The van der Waals surface area contributed by atoms with E-state index < -0.39 is 0 Å². The van der Waals surface area contributed by atoms with Gasteiger partial charge in [-0.15, -0.1) is 0 Å². The van der Waals surface area contributed by atoms with Gasteiger partial charge in [-0.3, -0.25) is 0 Å². The molecule has 24 aromatic carbocycles. The second kappa shape index (κ2) is 35.8. The molecule has 0 N–H and O–H groups in total. The minimum atomic E-state index is 0.700. The molecule has 147 heavy (non-hydrogen) atoms. The molecule has 6 heterocycles. The van der Waals surface area contributed by atoms with Crippen LogP contribution in [0.25, 0.3) is 281 Å². The molecule has 0 saturated heterocycles. The van der Waals surface area contributed by atoms with Gasteiger partial charge >= 0.3 is 0 Å². The highest BCUT2D eigenvalue weighted by Gasteiger charge is 2.25. The topological polar surface area (TPSA) is 92.1 Å². The molecule has 9 nitrogen and oxygen atoms in total. The van der Waals surface area contributed by atoms with Gasteiger partial charge in [0.1, 0.15) is 0 Å². The van der Waals surface area contributed by atoms with Crippen molar-refractivity contribution in [2.45, 2.75) is 0 Å². The Labute approximate surface area is 846 Å². The van der Waals surface area contributed by atoms with E-state index in [0.717, 1.165) is 117 Å². The summed E-state index contributed by atoms with van der Waals surface area (Å²) in [4.78, 5) is 30.8. The maximum Gasteiger partial charge on any atom is 0.160 e. The van der Waals surface area contributed by atoms with Gasteiger partial charge in [-0.25, -0.2) is 29.9 Å². The van der Waals surface area contributed by atoms with Gasteiger partial charge in [0.25, 0.3) is 0 Å². The lowest BCUT2D eigenvalue weighted by molar-refractivity contribution is 1.17. The Morgan fingerprint density at radius 1 is 0.122 bits per heavy atom. The van der Waals surface area contributed by atoms with Crippen LogP contribution in [0.15, 0.2) is 528 Å². The van der Waals surface area contributed by atoms with Crippen LogP contribution in [0.2, 0.25) is 0 Å². The number of benzene rings is 24. The van der Waals surface area contributed by atoms with Gasteiger partial charge in [0.15, 0.2) is 17.5 Å². The average molecular weight is 1870 g/mol. The Kier molecular flexibility index (Phi) is 20.8. The molecular weight excluding hydrogens is 1780 g/mol. The predicted octanol–water partition coefficient (Wildman–Crippen LogP) is 36.1. The number of aromatic nitrogens is 9. The molecule has 0 amide bonds. The van der Waals surface area contributed by atoms with Crippen LogP contribution in [0, 0.1) is 0 Å². The van der Waals surface area contributed by atoms with Gasteiger partial charge in [0, 0.05) is 98.9 Å². The zero-order valence-corrected chi connectivity index (χ0v) is 79.8. The van der Waals surface area contributed by atoms with Crippen LogP contribution < -0.4 is 0 Å². The highest BCUT2D eigenvalue weighted by Crippen LogP contribution is 2.48. The van der Waals surface area contributed by atoms with Crippen molar-refractivity contribution in [1.82, 2.24) is 43.6 Å². The number of fused-ring (bicyclic) bond motifs is 24. The number of hydrogen-bond acceptors (Lipinski definition) is 6. The molecule has 0 unspecified atom stereocenters. The maximum atomic E-state index is 5.35. The monoisotopic (exact) mass is 1870 g/mol. The molecule has 0 radical (unpaired) electrons. The van der Waals surface area contributed by atoms with E-state index in [2.05, 4.69) is 511 Å². The molecule has 0 aliphatic heterocycles. The molecule has 6 aromatic heterocycles. The Bertz CT molecular complexity index is 10100. The molecule has 0 atom stereocenters. The van der Waals surface area contributed by atoms with Crippen LogP contribution >= 0.6 is 0 Å². The molecule has 30 rings (SSSR count). The Morgan fingerprint density at radius 3 is 0.585 bits per heavy atom. The molecule has 0 spiro atoms. The minimum absolute atomic E-state index is 0.700. The largest absolute Gasteiger partial charge is 0.309 e. The van der Waals surface area contributed by atoms with Gasteiger partial charge in [-0.2, -0.15) is 0 Å². The molecule has 0 aliphatic carbocycles. The Morgan fingerprint density at radius 2 is 0.313 bits per heavy atom. The maximum absolute atomic E-state index is 5.35. The molecule has 0 bridgehead atoms. The van der Waals surface area contributed by atoms with E-state index in [0.29, 0.717) is 11.6 Å². The molecule has 0 fully saturated rings. The number of hydrogen-bond donors (Lipinski definition) is 0. The van der Waals surface area contributed by atoms with Crippen LogP contribution in [0.5, 0.6) is 0 Å². The summed E-state index contributed by atoms with van der Waals surface area (Å²) in [5, 5.41) is 25.9. The highest BCUT2D eigenvalue weighted by molar-refractivity contribution is 6.32. The standard InChI is InChI=1S/C52H33N3.C46H29N3.C40H25N3/c1-3-13-34(14-4-1)39-31-40(35-15-5-2-6-16-35)33-41(32-39)51-45-21-11-12-22-46(45)53-52(54-51)38-23-27-42(28-24-38)55-47-29-25-36-17-7-9-19-43(36)49(47)50-44-20-10-8-18-37(44)26-30-48(50)55;1-2-10-30(11-3-1)31-18-20-34(21-19-31)45-39-16-8-9-17-40(39)47-46(48-45)35-22-26-36(27-23-35)49-41-28-24-32-12-4-6-14-37(32)43(41)44-38-15-7-5-13-33(38)25-29-42(44)49;1-2-12-28(13-3-1)39-33-16-8-9-17-34(33)41-40(42-39)29-18-22-30(23-19-29)43-35-24-20-26-10-4-6-14-31(26)37(35)38-32-15-7-5-11-27(32)21-25-36(38)43/h1-33H;1-29H;1-25H. The zero-order valence-electron chi connectivity index (χ0n) is 79.8. The summed E-state index contributed by atoms with van der Waals surface area (Å²) in [6, 6.07) is 188. The molecule has 0 aliphatic rings. The summed E-state index contributed by atoms with van der Waals surface area (Å²) >= 11 is 0. The third-order valence-corrected chi connectivity index (χ3v) is 29.3. The first-order valence-electron chi connectivity index (χ1n) is 50.0. The van der Waals surface area contributed by atoms with E-state index in [1.807, 2.05) is 30.3 Å². The molecule has 30 aromatic rings. The van der Waals surface area contributed by atoms with Gasteiger partial charge in [0.05, 0.1) is 66.7 Å². The third-order valence-electron chi connectivity index (χ3n) is 29.3. The van der Waals surface area contributed by atoms with Crippen molar-refractivity contribution in [1.29, 1.82) is 0 Å². The fourth-order valence-electron chi connectivity index (χ4n) is 22.4. The van der Waals surface area contributed by atoms with Crippen molar-refractivity contribution < 1.29 is 0 Å². The van der Waals surface area contributed by atoms with Crippen LogP contribution in [-0.2, 0) is 0 Å². The summed E-state index contributed by atoms with van der Waals surface area (Å²) < 4.78 is 7.19. The molecule has 0 saturated carbocycles. The van der Waals surface area contributed by atoms with Crippen molar-refractivity contribution in [2.75, 3.05) is 0 Å². The second-order valence-corrected chi connectivity index (χ2v) is 37.8. The molecule has 9 heteroatoms. The quantitative estimate of drug-likeness (QED) is 0.121. The fourth-order valence-corrected chi connectivity index (χ4v) is 22.4. The number of rotatable bonds is 12. The lowest BCUT2D eigenvalue weighted by Crippen LogP contribution is -1.97. The molecule has 684 valence electrons. The first-order valence-corrected chi connectivity index (χ1v) is 50.0. The van der Waals surface area contributed by atoms with E-state index in [9.17, 15) is 0 Å². The van der Waals surface area contributed by atoms with Gasteiger partial charge < -0.3 is 13.7 Å². The zero-order chi connectivity index (χ0) is 96.9. The van der Waals surface area contributed by atoms with Gasteiger partial charge in [-0.05, 0) is 244 Å². The van der Waals surface area contributed by atoms with Crippen molar-refractivity contribution in [2.24, 2.45) is 0 Å². The lowest BCUT2D eigenvalue weighted by atomic mass is 9.94. The predicted molar refractivity (Wildman–Crippen MR) is 616 cm³/mol. The average Bonchev–Trinajstić information content (AvgIpc) is 1.57. The van der Waals surface area contributed by atoms with E-state index in [-0.39, 0.29) is 0 Å². The van der Waals surface area contributed by atoms with Crippen LogP contribution in [0.4, 0.5) is 0 Å². The minimum Gasteiger partial charge on any atom is -0.309 e. The summed E-state index contributed by atoms with van der Waals surface area (Å²) in [6.45, 7) is 0. The number of nitrogens with zero attached hydrogens (tertiary/aromatic N) is 9. The lowest BCUT2D eigenvalue weighted by Gasteiger charge is -2.14. The second-order valence-electron chi connectivity index (χ2n) is 37.8. The normalized spacial score (nSPS) is 11.7. The summed E-state index contributed by atoms with van der Waals surface area (Å²) in [5.41, 5.74) is 29.2. The summed E-state index contributed by atoms with van der Waals surface area (Å²) in [6.07, 6.45) is 0. The summed E-state index contributed by atoms with van der Waals surface area (Å²) in [7, 11) is 0.